The Morgan fingerprint density at radius 2 is 1.77 bits per heavy atom. The number of carbonyl (C=O) groups is 2. The van der Waals surface area contributed by atoms with Gasteiger partial charge in [0.05, 0.1) is 7.11 Å². The molecular weight excluding hydrogens is 330 g/mol. The molecule has 1 N–H and O–H groups in total. The fourth-order valence-electron chi connectivity index (χ4n) is 2.25. The van der Waals surface area contributed by atoms with Crippen molar-refractivity contribution in [1.82, 2.24) is 0 Å². The van der Waals surface area contributed by atoms with E-state index in [0.717, 1.165) is 22.4 Å². The zero-order valence-corrected chi connectivity index (χ0v) is 15.4. The summed E-state index contributed by atoms with van der Waals surface area (Å²) in [5.74, 6) is -0.212. The number of hydrogen-bond acceptors (Lipinski definition) is 4. The van der Waals surface area contributed by atoms with Gasteiger partial charge in [-0.05, 0) is 61.7 Å². The van der Waals surface area contributed by atoms with Crippen LogP contribution in [0.15, 0.2) is 48.5 Å². The molecule has 0 aliphatic heterocycles. The molecule has 0 spiro atoms. The topological polar surface area (TPSA) is 64.6 Å². The van der Waals surface area contributed by atoms with Crippen LogP contribution in [0, 0.1) is 13.8 Å². The van der Waals surface area contributed by atoms with Crippen LogP contribution in [0.5, 0.6) is 5.75 Å². The van der Waals surface area contributed by atoms with Crippen molar-refractivity contribution in [3.8, 4) is 5.75 Å². The van der Waals surface area contributed by atoms with E-state index in [-0.39, 0.29) is 5.91 Å². The Morgan fingerprint density at radius 3 is 2.42 bits per heavy atom. The Morgan fingerprint density at radius 1 is 1.08 bits per heavy atom. The van der Waals surface area contributed by atoms with E-state index in [0.29, 0.717) is 5.69 Å². The third kappa shape index (κ3) is 5.48. The van der Waals surface area contributed by atoms with E-state index in [9.17, 15) is 9.59 Å². The molecule has 5 heteroatoms. The molecule has 0 radical (unpaired) electrons. The standard InChI is InChI=1S/C21H23NO4/c1-14-5-6-15(2)19(13-14)22-21(24)16(3)26-20(23)12-9-17-7-10-18(25-4)11-8-17/h5-13,16H,1-4H3,(H,22,24). The zero-order valence-electron chi connectivity index (χ0n) is 15.4. The maximum atomic E-state index is 12.2. The van der Waals surface area contributed by atoms with Gasteiger partial charge in [-0.3, -0.25) is 4.79 Å². The van der Waals surface area contributed by atoms with Crippen molar-refractivity contribution in [2.45, 2.75) is 26.9 Å². The fraction of sp³-hybridized carbons (Fsp3) is 0.238. The first-order valence-electron chi connectivity index (χ1n) is 8.30. The number of benzene rings is 2. The van der Waals surface area contributed by atoms with E-state index < -0.39 is 12.1 Å². The molecule has 0 bridgehead atoms. The van der Waals surface area contributed by atoms with Gasteiger partial charge in [-0.25, -0.2) is 4.79 Å². The average molecular weight is 353 g/mol. The van der Waals surface area contributed by atoms with Gasteiger partial charge in [-0.2, -0.15) is 0 Å². The van der Waals surface area contributed by atoms with Crippen LogP contribution in [0.3, 0.4) is 0 Å². The van der Waals surface area contributed by atoms with Crippen molar-refractivity contribution in [1.29, 1.82) is 0 Å². The van der Waals surface area contributed by atoms with E-state index in [1.165, 1.54) is 6.08 Å². The van der Waals surface area contributed by atoms with Crippen molar-refractivity contribution in [3.63, 3.8) is 0 Å². The molecule has 0 heterocycles. The number of hydrogen-bond donors (Lipinski definition) is 1. The largest absolute Gasteiger partial charge is 0.497 e. The molecule has 1 atom stereocenters. The molecule has 2 rings (SSSR count). The van der Waals surface area contributed by atoms with Crippen LogP contribution in [0.2, 0.25) is 0 Å². The van der Waals surface area contributed by atoms with Crippen molar-refractivity contribution in [3.05, 3.63) is 65.2 Å². The smallest absolute Gasteiger partial charge is 0.331 e. The lowest BCUT2D eigenvalue weighted by Crippen LogP contribution is -2.29. The van der Waals surface area contributed by atoms with Gasteiger partial charge in [0.15, 0.2) is 6.10 Å². The van der Waals surface area contributed by atoms with Gasteiger partial charge in [0, 0.05) is 11.8 Å². The lowest BCUT2D eigenvalue weighted by molar-refractivity contribution is -0.148. The molecule has 5 nitrogen and oxygen atoms in total. The first kappa shape index (κ1) is 19.2. The van der Waals surface area contributed by atoms with Gasteiger partial charge in [-0.15, -0.1) is 0 Å². The van der Waals surface area contributed by atoms with E-state index in [1.807, 2.05) is 44.2 Å². The van der Waals surface area contributed by atoms with Crippen LogP contribution in [-0.2, 0) is 14.3 Å². The second-order valence-corrected chi connectivity index (χ2v) is 5.99. The summed E-state index contributed by atoms with van der Waals surface area (Å²) in [5.41, 5.74) is 3.53. The number of ether oxygens (including phenoxy) is 2. The molecule has 2 aromatic rings. The Hall–Kier alpha value is -3.08. The average Bonchev–Trinajstić information content (AvgIpc) is 2.63. The summed E-state index contributed by atoms with van der Waals surface area (Å²) in [5, 5.41) is 2.79. The molecule has 0 aliphatic carbocycles. The number of carbonyl (C=O) groups excluding carboxylic acids is 2. The molecule has 0 saturated heterocycles. The number of nitrogens with one attached hydrogen (secondary N) is 1. The molecule has 1 amide bonds. The predicted octanol–water partition coefficient (Wildman–Crippen LogP) is 3.90. The predicted molar refractivity (Wildman–Crippen MR) is 102 cm³/mol. The normalized spacial score (nSPS) is 11.8. The van der Waals surface area contributed by atoms with Crippen molar-refractivity contribution < 1.29 is 19.1 Å². The fourth-order valence-corrected chi connectivity index (χ4v) is 2.25. The van der Waals surface area contributed by atoms with Gasteiger partial charge >= 0.3 is 5.97 Å². The molecular formula is C21H23NO4. The molecule has 2 aromatic carbocycles. The van der Waals surface area contributed by atoms with Crippen LogP contribution < -0.4 is 10.1 Å². The quantitative estimate of drug-likeness (QED) is 0.632. The van der Waals surface area contributed by atoms with Crippen LogP contribution >= 0.6 is 0 Å². The number of amides is 1. The highest BCUT2D eigenvalue weighted by Crippen LogP contribution is 2.17. The molecule has 1 unspecified atom stereocenters. The summed E-state index contributed by atoms with van der Waals surface area (Å²) in [6.07, 6.45) is 2.02. The van der Waals surface area contributed by atoms with Crippen molar-refractivity contribution in [2.24, 2.45) is 0 Å². The summed E-state index contributed by atoms with van der Waals surface area (Å²) < 4.78 is 10.2. The SMILES string of the molecule is COc1ccc(C=CC(=O)OC(C)C(=O)Nc2cc(C)ccc2C)cc1. The van der Waals surface area contributed by atoms with Crippen LogP contribution in [0.4, 0.5) is 5.69 Å². The summed E-state index contributed by atoms with van der Waals surface area (Å²) in [6, 6.07) is 13.0. The van der Waals surface area contributed by atoms with Crippen LogP contribution in [0.25, 0.3) is 6.08 Å². The Labute approximate surface area is 153 Å². The third-order valence-corrected chi connectivity index (χ3v) is 3.84. The molecule has 0 saturated carbocycles. The zero-order chi connectivity index (χ0) is 19.1. The van der Waals surface area contributed by atoms with E-state index in [4.69, 9.17) is 9.47 Å². The van der Waals surface area contributed by atoms with Crippen molar-refractivity contribution >= 4 is 23.6 Å². The van der Waals surface area contributed by atoms with Gasteiger partial charge in [0.1, 0.15) is 5.75 Å². The Balaban J connectivity index is 1.91. The second kappa shape index (κ2) is 8.85. The van der Waals surface area contributed by atoms with Crippen molar-refractivity contribution in [2.75, 3.05) is 12.4 Å². The number of aryl methyl sites for hydroxylation is 2. The van der Waals surface area contributed by atoms with Gasteiger partial charge in [0.25, 0.3) is 5.91 Å². The number of rotatable bonds is 6. The lowest BCUT2D eigenvalue weighted by atomic mass is 10.1. The van der Waals surface area contributed by atoms with Crippen LogP contribution in [-0.4, -0.2) is 25.1 Å². The highest BCUT2D eigenvalue weighted by molar-refractivity contribution is 5.97. The van der Waals surface area contributed by atoms with Gasteiger partial charge < -0.3 is 14.8 Å². The molecule has 0 aliphatic rings. The van der Waals surface area contributed by atoms with E-state index in [2.05, 4.69) is 5.32 Å². The summed E-state index contributed by atoms with van der Waals surface area (Å²) in [4.78, 5) is 24.1. The van der Waals surface area contributed by atoms with Gasteiger partial charge in [0.2, 0.25) is 0 Å². The molecule has 136 valence electrons. The highest BCUT2D eigenvalue weighted by Gasteiger charge is 2.17. The molecule has 26 heavy (non-hydrogen) atoms. The lowest BCUT2D eigenvalue weighted by Gasteiger charge is -2.14. The summed E-state index contributed by atoms with van der Waals surface area (Å²) in [6.45, 7) is 5.39. The number of methoxy groups -OCH3 is 1. The first-order chi connectivity index (χ1) is 12.4. The monoisotopic (exact) mass is 353 g/mol. The minimum Gasteiger partial charge on any atom is -0.497 e. The molecule has 0 aromatic heterocycles. The maximum absolute atomic E-state index is 12.2. The van der Waals surface area contributed by atoms with E-state index in [1.54, 1.807) is 32.2 Å². The Bertz CT molecular complexity index is 809. The number of anilines is 1. The maximum Gasteiger partial charge on any atom is 0.331 e. The minimum atomic E-state index is -0.900. The second-order valence-electron chi connectivity index (χ2n) is 5.99. The van der Waals surface area contributed by atoms with Gasteiger partial charge in [-0.1, -0.05) is 24.3 Å². The van der Waals surface area contributed by atoms with E-state index >= 15 is 0 Å². The molecule has 0 fully saturated rings. The number of esters is 1. The summed E-state index contributed by atoms with van der Waals surface area (Å²) >= 11 is 0. The highest BCUT2D eigenvalue weighted by atomic mass is 16.5. The van der Waals surface area contributed by atoms with Crippen LogP contribution in [0.1, 0.15) is 23.6 Å². The summed E-state index contributed by atoms with van der Waals surface area (Å²) in [7, 11) is 1.59. The third-order valence-electron chi connectivity index (χ3n) is 3.84. The minimum absolute atomic E-state index is 0.370. The Kier molecular flexibility index (Phi) is 6.55. The first-order valence-corrected chi connectivity index (χ1v) is 8.30.